The first kappa shape index (κ1) is 25.0. The molecule has 1 saturated carbocycles. The zero-order valence-corrected chi connectivity index (χ0v) is 20.5. The highest BCUT2D eigenvalue weighted by Crippen LogP contribution is 2.41. The Kier molecular flexibility index (Phi) is 6.56. The van der Waals surface area contributed by atoms with E-state index in [1.807, 2.05) is 0 Å². The van der Waals surface area contributed by atoms with Crippen LogP contribution < -0.4 is 5.56 Å². The molecule has 5 rings (SSSR count). The number of pyridine rings is 2. The number of aryl methyl sites for hydroxylation is 1. The van der Waals surface area contributed by atoms with E-state index in [4.69, 9.17) is 0 Å². The number of hydrogen-bond donors (Lipinski definition) is 0. The van der Waals surface area contributed by atoms with Gasteiger partial charge in [0.2, 0.25) is 0 Å². The topological polar surface area (TPSA) is 60.7 Å². The van der Waals surface area contributed by atoms with Gasteiger partial charge in [0.05, 0.1) is 17.9 Å². The molecule has 3 heterocycles. The van der Waals surface area contributed by atoms with Gasteiger partial charge in [0, 0.05) is 36.0 Å². The molecule has 0 aliphatic heterocycles. The van der Waals surface area contributed by atoms with Crippen LogP contribution in [0.3, 0.4) is 0 Å². The molecule has 0 bridgehead atoms. The van der Waals surface area contributed by atoms with Gasteiger partial charge in [0.15, 0.2) is 5.65 Å². The van der Waals surface area contributed by atoms with Crippen molar-refractivity contribution >= 4 is 11.2 Å². The average molecular weight is 511 g/mol. The number of hydrogen-bond acceptors (Lipinski definition) is 4. The maximum absolute atomic E-state index is 14.3. The Hall–Kier alpha value is -3.62. The van der Waals surface area contributed by atoms with Crippen LogP contribution in [0.15, 0.2) is 53.6 Å². The Labute approximate surface area is 211 Å². The second kappa shape index (κ2) is 9.68. The number of aromatic nitrogens is 4. The number of benzene rings is 1. The Balaban J connectivity index is 1.53. The Bertz CT molecular complexity index is 1500. The smallest absolute Gasteiger partial charge is 0.272 e. The van der Waals surface area contributed by atoms with E-state index in [2.05, 4.69) is 15.0 Å². The molecule has 37 heavy (non-hydrogen) atoms. The summed E-state index contributed by atoms with van der Waals surface area (Å²) in [5.74, 6) is -4.68. The van der Waals surface area contributed by atoms with Crippen molar-refractivity contribution in [2.24, 2.45) is 0 Å². The molecule has 0 unspecified atom stereocenters. The van der Waals surface area contributed by atoms with Crippen LogP contribution in [0.25, 0.3) is 11.2 Å². The van der Waals surface area contributed by atoms with E-state index in [0.717, 1.165) is 6.92 Å². The van der Waals surface area contributed by atoms with Crippen LogP contribution in [-0.2, 0) is 12.5 Å². The molecule has 1 aliphatic rings. The summed E-state index contributed by atoms with van der Waals surface area (Å²) >= 11 is 0. The Morgan fingerprint density at radius 2 is 1.68 bits per heavy atom. The van der Waals surface area contributed by atoms with E-state index < -0.39 is 17.6 Å². The van der Waals surface area contributed by atoms with Crippen molar-refractivity contribution in [3.05, 3.63) is 98.9 Å². The van der Waals surface area contributed by atoms with Crippen molar-refractivity contribution in [2.75, 3.05) is 0 Å². The van der Waals surface area contributed by atoms with Gasteiger partial charge in [-0.3, -0.25) is 19.3 Å². The molecular formula is C28H26F4N4O. The largest absolute Gasteiger partial charge is 0.285 e. The van der Waals surface area contributed by atoms with Crippen molar-refractivity contribution in [1.29, 1.82) is 0 Å². The van der Waals surface area contributed by atoms with Crippen LogP contribution in [0, 0.1) is 18.6 Å². The molecule has 4 aromatic rings. The van der Waals surface area contributed by atoms with Gasteiger partial charge in [-0.25, -0.2) is 22.5 Å². The summed E-state index contributed by atoms with van der Waals surface area (Å²) in [4.78, 5) is 26.9. The molecule has 5 nitrogen and oxygen atoms in total. The predicted molar refractivity (Wildman–Crippen MR) is 132 cm³/mol. The summed E-state index contributed by atoms with van der Waals surface area (Å²) in [6.45, 7) is 2.35. The zero-order valence-electron chi connectivity index (χ0n) is 20.5. The van der Waals surface area contributed by atoms with E-state index in [1.54, 1.807) is 19.2 Å². The van der Waals surface area contributed by atoms with Gasteiger partial charge < -0.3 is 0 Å². The van der Waals surface area contributed by atoms with Crippen LogP contribution in [0.1, 0.15) is 72.5 Å². The van der Waals surface area contributed by atoms with Crippen LogP contribution >= 0.6 is 0 Å². The second-order valence-corrected chi connectivity index (χ2v) is 9.78. The molecule has 0 N–H and O–H groups in total. The number of rotatable bonds is 5. The highest BCUT2D eigenvalue weighted by Gasteiger charge is 2.31. The molecule has 9 heteroatoms. The van der Waals surface area contributed by atoms with Gasteiger partial charge in [0.1, 0.15) is 17.2 Å². The molecule has 3 aromatic heterocycles. The minimum atomic E-state index is -3.14. The van der Waals surface area contributed by atoms with Crippen molar-refractivity contribution in [3.63, 3.8) is 0 Å². The van der Waals surface area contributed by atoms with Gasteiger partial charge in [-0.05, 0) is 74.8 Å². The average Bonchev–Trinajstić information content (AvgIpc) is 2.86. The second-order valence-electron chi connectivity index (χ2n) is 9.78. The van der Waals surface area contributed by atoms with Crippen molar-refractivity contribution in [2.45, 2.75) is 63.8 Å². The Morgan fingerprint density at radius 1 is 1.00 bits per heavy atom. The molecule has 1 fully saturated rings. The fourth-order valence-electron chi connectivity index (χ4n) is 5.38. The maximum Gasteiger partial charge on any atom is 0.272 e. The minimum absolute atomic E-state index is 0.0811. The number of alkyl halides is 2. The fraction of sp³-hybridized carbons (Fsp3) is 0.357. The fourth-order valence-corrected chi connectivity index (χ4v) is 5.38. The molecule has 192 valence electrons. The lowest BCUT2D eigenvalue weighted by molar-refractivity contribution is 0.0160. The first-order chi connectivity index (χ1) is 17.6. The van der Waals surface area contributed by atoms with Crippen molar-refractivity contribution < 1.29 is 17.6 Å². The summed E-state index contributed by atoms with van der Waals surface area (Å²) < 4.78 is 58.6. The third-order valence-electron chi connectivity index (χ3n) is 7.19. The van der Waals surface area contributed by atoms with Crippen molar-refractivity contribution in [1.82, 2.24) is 19.5 Å². The number of nitrogens with zero attached hydrogens (tertiary/aromatic N) is 4. The monoisotopic (exact) mass is 510 g/mol. The standard InChI is InChI=1S/C28H26F4N4O/c1-16-14-34-23-13-19(17-8-10-18(11-9-17)25-21(29)6-3-7-22(25)30)27(37)36(26(23)35-16)15-24-20(28(2,31)32)5-4-12-33-24/h3-7,12-14,17-18H,8-11,15H2,1-2H3/t17-,18-. The molecule has 0 radical (unpaired) electrons. The van der Waals surface area contributed by atoms with E-state index in [1.165, 1.54) is 41.1 Å². The van der Waals surface area contributed by atoms with Gasteiger partial charge in [-0.2, -0.15) is 0 Å². The molecular weight excluding hydrogens is 484 g/mol. The zero-order chi connectivity index (χ0) is 26.3. The third kappa shape index (κ3) is 4.86. The first-order valence-corrected chi connectivity index (χ1v) is 12.3. The van der Waals surface area contributed by atoms with Crippen LogP contribution in [0.4, 0.5) is 17.6 Å². The molecule has 0 amide bonds. The van der Waals surface area contributed by atoms with Gasteiger partial charge in [-0.1, -0.05) is 6.07 Å². The number of fused-ring (bicyclic) bond motifs is 1. The molecule has 1 aromatic carbocycles. The predicted octanol–water partition coefficient (Wildman–Crippen LogP) is 6.37. The van der Waals surface area contributed by atoms with E-state index in [9.17, 15) is 22.4 Å². The van der Waals surface area contributed by atoms with E-state index in [-0.39, 0.29) is 40.8 Å². The van der Waals surface area contributed by atoms with Crippen LogP contribution in [0.5, 0.6) is 0 Å². The lowest BCUT2D eigenvalue weighted by Gasteiger charge is -2.29. The lowest BCUT2D eigenvalue weighted by atomic mass is 9.76. The Morgan fingerprint density at radius 3 is 2.35 bits per heavy atom. The summed E-state index contributed by atoms with van der Waals surface area (Å²) in [6.07, 6.45) is 5.16. The van der Waals surface area contributed by atoms with E-state index in [0.29, 0.717) is 48.1 Å². The molecule has 0 saturated heterocycles. The van der Waals surface area contributed by atoms with Gasteiger partial charge in [-0.15, -0.1) is 0 Å². The third-order valence-corrected chi connectivity index (χ3v) is 7.19. The van der Waals surface area contributed by atoms with Gasteiger partial charge in [0.25, 0.3) is 11.5 Å². The molecule has 0 atom stereocenters. The summed E-state index contributed by atoms with van der Waals surface area (Å²) in [7, 11) is 0. The highest BCUT2D eigenvalue weighted by molar-refractivity contribution is 5.71. The normalized spacial score (nSPS) is 18.3. The van der Waals surface area contributed by atoms with Crippen molar-refractivity contribution in [3.8, 4) is 0 Å². The highest BCUT2D eigenvalue weighted by atomic mass is 19.3. The summed E-state index contributed by atoms with van der Waals surface area (Å²) in [5, 5.41) is 0. The SMILES string of the molecule is Cc1cnc2cc([C@H]3CC[C@H](c4c(F)cccc4F)CC3)c(=O)n(Cc3ncccc3C(C)(F)F)c2n1. The van der Waals surface area contributed by atoms with Crippen LogP contribution in [-0.4, -0.2) is 19.5 Å². The number of halogens is 4. The summed E-state index contributed by atoms with van der Waals surface area (Å²) in [6, 6.07) is 8.33. The molecule has 0 spiro atoms. The van der Waals surface area contributed by atoms with E-state index >= 15 is 0 Å². The molecule has 1 aliphatic carbocycles. The maximum atomic E-state index is 14.3. The first-order valence-electron chi connectivity index (χ1n) is 12.3. The minimum Gasteiger partial charge on any atom is -0.285 e. The summed E-state index contributed by atoms with van der Waals surface area (Å²) in [5.41, 5.74) is 1.44. The quantitative estimate of drug-likeness (QED) is 0.293. The van der Waals surface area contributed by atoms with Gasteiger partial charge >= 0.3 is 0 Å². The lowest BCUT2D eigenvalue weighted by Crippen LogP contribution is -2.29. The van der Waals surface area contributed by atoms with Crippen LogP contribution in [0.2, 0.25) is 0 Å².